The van der Waals surface area contributed by atoms with E-state index in [2.05, 4.69) is 5.32 Å². The van der Waals surface area contributed by atoms with Crippen molar-refractivity contribution in [3.63, 3.8) is 0 Å². The van der Waals surface area contributed by atoms with Crippen LogP contribution in [0.25, 0.3) is 0 Å². The molecule has 1 saturated heterocycles. The second-order valence-electron chi connectivity index (χ2n) is 5.53. The van der Waals surface area contributed by atoms with Crippen LogP contribution >= 0.6 is 11.3 Å². The Morgan fingerprint density at radius 2 is 2.18 bits per heavy atom. The van der Waals surface area contributed by atoms with Gasteiger partial charge in [0.1, 0.15) is 6.04 Å². The molecule has 0 radical (unpaired) electrons. The molecule has 1 aromatic heterocycles. The first-order valence-electron chi connectivity index (χ1n) is 7.29. The molecule has 2 N–H and O–H groups in total. The number of hydrogen-bond acceptors (Lipinski definition) is 4. The number of nitrogens with zero attached hydrogens (tertiary/aromatic N) is 1. The minimum Gasteiger partial charge on any atom is -0.481 e. The Morgan fingerprint density at radius 1 is 1.45 bits per heavy atom. The molecule has 120 valence electrons. The Labute approximate surface area is 133 Å². The molecule has 22 heavy (non-hydrogen) atoms. The lowest BCUT2D eigenvalue weighted by molar-refractivity contribution is -0.149. The lowest BCUT2D eigenvalue weighted by atomic mass is 9.90. The van der Waals surface area contributed by atoms with Crippen molar-refractivity contribution in [1.29, 1.82) is 0 Å². The van der Waals surface area contributed by atoms with E-state index in [0.29, 0.717) is 24.3 Å². The van der Waals surface area contributed by atoms with Gasteiger partial charge in [-0.25, -0.2) is 0 Å². The number of carbonyl (C=O) groups excluding carboxylic acids is 2. The fourth-order valence-corrected chi connectivity index (χ4v) is 3.40. The summed E-state index contributed by atoms with van der Waals surface area (Å²) >= 11 is 1.31. The first-order valence-corrected chi connectivity index (χ1v) is 8.17. The summed E-state index contributed by atoms with van der Waals surface area (Å²) in [7, 11) is 0. The minimum atomic E-state index is -0.875. The molecule has 0 aromatic carbocycles. The molecule has 1 aliphatic rings. The molecular weight excluding hydrogens is 304 g/mol. The van der Waals surface area contributed by atoms with Crippen molar-refractivity contribution < 1.29 is 19.5 Å². The summed E-state index contributed by atoms with van der Waals surface area (Å²) in [4.78, 5) is 37.8. The molecule has 0 aliphatic carbocycles. The fraction of sp³-hybridized carbons (Fsp3) is 0.533. The summed E-state index contributed by atoms with van der Waals surface area (Å²) in [6, 6.07) is 2.43. The Balaban J connectivity index is 2.00. The molecule has 2 heterocycles. The Kier molecular flexibility index (Phi) is 5.18. The highest BCUT2D eigenvalue weighted by Crippen LogP contribution is 2.24. The average Bonchev–Trinajstić information content (AvgIpc) is 3.00. The molecule has 0 saturated carbocycles. The van der Waals surface area contributed by atoms with Crippen LogP contribution in [-0.2, 0) is 9.59 Å². The molecule has 1 aromatic rings. The van der Waals surface area contributed by atoms with Gasteiger partial charge in [-0.05, 0) is 38.1 Å². The summed E-state index contributed by atoms with van der Waals surface area (Å²) in [5, 5.41) is 13.7. The van der Waals surface area contributed by atoms with E-state index in [4.69, 9.17) is 0 Å². The van der Waals surface area contributed by atoms with E-state index >= 15 is 0 Å². The number of rotatable bonds is 4. The normalized spacial score (nSPS) is 22.9. The number of aliphatic carboxylic acids is 1. The highest BCUT2D eigenvalue weighted by molar-refractivity contribution is 7.12. The van der Waals surface area contributed by atoms with Gasteiger partial charge >= 0.3 is 5.97 Å². The minimum absolute atomic E-state index is 0.233. The number of carboxylic acid groups (broad SMARTS) is 1. The SMILES string of the molecule is CC(NC(=O)c1cccs1)C(=O)N1CCC[C@H](C(=O)O)[C@@H]1C. The zero-order chi connectivity index (χ0) is 16.3. The fourth-order valence-electron chi connectivity index (χ4n) is 2.77. The van der Waals surface area contributed by atoms with Gasteiger partial charge in [-0.1, -0.05) is 6.07 Å². The van der Waals surface area contributed by atoms with Crippen LogP contribution in [0, 0.1) is 5.92 Å². The van der Waals surface area contributed by atoms with E-state index in [9.17, 15) is 19.5 Å². The summed E-state index contributed by atoms with van der Waals surface area (Å²) < 4.78 is 0. The first kappa shape index (κ1) is 16.5. The van der Waals surface area contributed by atoms with Crippen LogP contribution in [-0.4, -0.2) is 46.4 Å². The smallest absolute Gasteiger partial charge is 0.308 e. The summed E-state index contributed by atoms with van der Waals surface area (Å²) in [5.74, 6) is -1.93. The van der Waals surface area contributed by atoms with E-state index in [1.54, 1.807) is 36.3 Å². The van der Waals surface area contributed by atoms with Crippen molar-refractivity contribution in [1.82, 2.24) is 10.2 Å². The number of thiophene rings is 1. The van der Waals surface area contributed by atoms with Gasteiger partial charge in [-0.3, -0.25) is 14.4 Å². The van der Waals surface area contributed by atoms with Gasteiger partial charge in [-0.15, -0.1) is 11.3 Å². The van der Waals surface area contributed by atoms with Crippen molar-refractivity contribution in [2.75, 3.05) is 6.54 Å². The van der Waals surface area contributed by atoms with Crippen molar-refractivity contribution in [3.05, 3.63) is 22.4 Å². The van der Waals surface area contributed by atoms with Gasteiger partial charge in [0.05, 0.1) is 10.8 Å². The van der Waals surface area contributed by atoms with Crippen LogP contribution in [0.4, 0.5) is 0 Å². The maximum atomic E-state index is 12.5. The number of hydrogen-bond donors (Lipinski definition) is 2. The van der Waals surface area contributed by atoms with Gasteiger partial charge in [-0.2, -0.15) is 0 Å². The molecular formula is C15H20N2O4S. The lowest BCUT2D eigenvalue weighted by Crippen LogP contribution is -2.55. The number of piperidine rings is 1. The van der Waals surface area contributed by atoms with Gasteiger partial charge in [0.25, 0.3) is 5.91 Å². The average molecular weight is 324 g/mol. The monoisotopic (exact) mass is 324 g/mol. The second-order valence-corrected chi connectivity index (χ2v) is 6.48. The molecule has 2 rings (SSSR count). The van der Waals surface area contributed by atoms with Gasteiger partial charge < -0.3 is 15.3 Å². The van der Waals surface area contributed by atoms with Crippen LogP contribution < -0.4 is 5.32 Å². The molecule has 3 atom stereocenters. The molecule has 0 spiro atoms. The maximum Gasteiger partial charge on any atom is 0.308 e. The molecule has 0 bridgehead atoms. The first-order chi connectivity index (χ1) is 10.4. The molecule has 1 fully saturated rings. The largest absolute Gasteiger partial charge is 0.481 e. The highest BCUT2D eigenvalue weighted by Gasteiger charge is 2.37. The third-order valence-electron chi connectivity index (χ3n) is 4.05. The number of nitrogens with one attached hydrogen (secondary N) is 1. The number of carbonyl (C=O) groups is 3. The highest BCUT2D eigenvalue weighted by atomic mass is 32.1. The quantitative estimate of drug-likeness (QED) is 0.880. The van der Waals surface area contributed by atoms with E-state index < -0.39 is 17.9 Å². The Hall–Kier alpha value is -1.89. The second kappa shape index (κ2) is 6.91. The standard InChI is InChI=1S/C15H20N2O4S/c1-9(16-13(18)12-6-4-8-22-12)14(19)17-7-3-5-11(10(17)2)15(20)21/h4,6,8-11H,3,5,7H2,1-2H3,(H,16,18)(H,20,21)/t9?,10-,11-/m0/s1. The van der Waals surface area contributed by atoms with Crippen molar-refractivity contribution >= 4 is 29.1 Å². The van der Waals surface area contributed by atoms with Crippen LogP contribution in [0.5, 0.6) is 0 Å². The van der Waals surface area contributed by atoms with Crippen molar-refractivity contribution in [2.24, 2.45) is 5.92 Å². The number of likely N-dealkylation sites (tertiary alicyclic amines) is 1. The number of carboxylic acids is 1. The van der Waals surface area contributed by atoms with Crippen LogP contribution in [0.1, 0.15) is 36.4 Å². The van der Waals surface area contributed by atoms with Crippen LogP contribution in [0.2, 0.25) is 0 Å². The maximum absolute atomic E-state index is 12.5. The molecule has 1 unspecified atom stereocenters. The molecule has 2 amide bonds. The predicted molar refractivity (Wildman–Crippen MR) is 82.8 cm³/mol. The van der Waals surface area contributed by atoms with Gasteiger partial charge in [0, 0.05) is 12.6 Å². The third-order valence-corrected chi connectivity index (χ3v) is 4.92. The lowest BCUT2D eigenvalue weighted by Gasteiger charge is -2.38. The molecule has 7 heteroatoms. The number of amides is 2. The summed E-state index contributed by atoms with van der Waals surface area (Å²) in [6.07, 6.45) is 1.24. The third kappa shape index (κ3) is 3.47. The zero-order valence-corrected chi connectivity index (χ0v) is 13.4. The van der Waals surface area contributed by atoms with Crippen LogP contribution in [0.15, 0.2) is 17.5 Å². The molecule has 6 nitrogen and oxygen atoms in total. The molecule has 1 aliphatic heterocycles. The van der Waals surface area contributed by atoms with E-state index in [1.807, 2.05) is 0 Å². The Morgan fingerprint density at radius 3 is 2.77 bits per heavy atom. The summed E-state index contributed by atoms with van der Waals surface area (Å²) in [6.45, 7) is 3.91. The van der Waals surface area contributed by atoms with Gasteiger partial charge in [0.15, 0.2) is 0 Å². The zero-order valence-electron chi connectivity index (χ0n) is 12.6. The predicted octanol–water partition coefficient (Wildman–Crippen LogP) is 1.58. The Bertz CT molecular complexity index is 558. The van der Waals surface area contributed by atoms with Crippen molar-refractivity contribution in [2.45, 2.75) is 38.8 Å². The van der Waals surface area contributed by atoms with Gasteiger partial charge in [0.2, 0.25) is 5.91 Å². The van der Waals surface area contributed by atoms with Crippen molar-refractivity contribution in [3.8, 4) is 0 Å². The van der Waals surface area contributed by atoms with Crippen LogP contribution in [0.3, 0.4) is 0 Å². The topological polar surface area (TPSA) is 86.7 Å². The van der Waals surface area contributed by atoms with E-state index in [-0.39, 0.29) is 17.9 Å². The summed E-state index contributed by atoms with van der Waals surface area (Å²) in [5.41, 5.74) is 0. The van der Waals surface area contributed by atoms with E-state index in [1.165, 1.54) is 11.3 Å². The van der Waals surface area contributed by atoms with E-state index in [0.717, 1.165) is 0 Å².